The van der Waals surface area contributed by atoms with Gasteiger partial charge in [-0.25, -0.2) is 18.9 Å². The van der Waals surface area contributed by atoms with E-state index in [1.807, 2.05) is 12.1 Å². The predicted octanol–water partition coefficient (Wildman–Crippen LogP) is 1.68. The summed E-state index contributed by atoms with van der Waals surface area (Å²) in [5, 5.41) is -0.0234. The van der Waals surface area contributed by atoms with Crippen molar-refractivity contribution >= 4 is 15.7 Å². The molecule has 0 radical (unpaired) electrons. The maximum atomic E-state index is 11.9. The van der Waals surface area contributed by atoms with E-state index in [1.54, 1.807) is 32.3 Å². The highest BCUT2D eigenvalue weighted by molar-refractivity contribution is 7.90. The summed E-state index contributed by atoms with van der Waals surface area (Å²) in [4.78, 5) is 22.8. The van der Waals surface area contributed by atoms with Crippen LogP contribution in [0.2, 0.25) is 0 Å². The summed E-state index contributed by atoms with van der Waals surface area (Å²) in [7, 11) is 0.0413. The standard InChI is InChI=1S/C18H19N3O5S/c1-21(2)18(22)13-6-4-12(5-7-13)15-10-16(20-26-15)25-14-8-9-17(19-11-14)27(3,23)24/h4-11,15,20H,1-3H3/t15-/m1/s1. The molecule has 3 rings (SSSR count). The van der Waals surface area contributed by atoms with Gasteiger partial charge < -0.3 is 9.64 Å². The lowest BCUT2D eigenvalue weighted by molar-refractivity contribution is 0.0273. The van der Waals surface area contributed by atoms with Crippen LogP contribution >= 0.6 is 0 Å². The Morgan fingerprint density at radius 3 is 2.44 bits per heavy atom. The first-order valence-electron chi connectivity index (χ1n) is 8.03. The highest BCUT2D eigenvalue weighted by Crippen LogP contribution is 2.26. The quantitative estimate of drug-likeness (QED) is 0.831. The Morgan fingerprint density at radius 1 is 1.19 bits per heavy atom. The third-order valence-electron chi connectivity index (χ3n) is 3.80. The number of amides is 1. The first-order valence-corrected chi connectivity index (χ1v) is 9.92. The van der Waals surface area contributed by atoms with Gasteiger partial charge in [-0.2, -0.15) is 0 Å². The molecule has 1 amide bonds. The lowest BCUT2D eigenvalue weighted by Crippen LogP contribution is -2.21. The Balaban J connectivity index is 1.68. The molecule has 2 aromatic rings. The predicted molar refractivity (Wildman–Crippen MR) is 97.5 cm³/mol. The average Bonchev–Trinajstić information content (AvgIpc) is 3.09. The Hall–Kier alpha value is -2.91. The van der Waals surface area contributed by atoms with Crippen LogP contribution in [-0.2, 0) is 14.7 Å². The van der Waals surface area contributed by atoms with Crippen LogP contribution in [0.15, 0.2) is 59.6 Å². The third kappa shape index (κ3) is 4.44. The number of hydrogen-bond donors (Lipinski definition) is 1. The van der Waals surface area contributed by atoms with Crippen molar-refractivity contribution in [2.75, 3.05) is 20.4 Å². The fourth-order valence-corrected chi connectivity index (χ4v) is 2.95. The Morgan fingerprint density at radius 2 is 1.89 bits per heavy atom. The van der Waals surface area contributed by atoms with Crippen LogP contribution < -0.4 is 10.2 Å². The zero-order chi connectivity index (χ0) is 19.6. The van der Waals surface area contributed by atoms with Crippen molar-refractivity contribution in [1.82, 2.24) is 15.4 Å². The number of aromatic nitrogens is 1. The summed E-state index contributed by atoms with van der Waals surface area (Å²) in [6.45, 7) is 0. The SMILES string of the molecule is CN(C)C(=O)c1ccc([C@H]2C=C(Oc3ccc(S(C)(=O)=O)nc3)NO2)cc1. The molecule has 0 aliphatic carbocycles. The molecular formula is C18H19N3O5S. The van der Waals surface area contributed by atoms with E-state index in [-0.39, 0.29) is 17.0 Å². The number of carbonyl (C=O) groups excluding carboxylic acids is 1. The van der Waals surface area contributed by atoms with Gasteiger partial charge in [0.15, 0.2) is 14.9 Å². The molecule has 0 saturated carbocycles. The molecule has 1 aliphatic heterocycles. The van der Waals surface area contributed by atoms with Crippen molar-refractivity contribution in [3.05, 3.63) is 65.7 Å². The van der Waals surface area contributed by atoms with E-state index in [0.29, 0.717) is 17.2 Å². The van der Waals surface area contributed by atoms with Crippen molar-refractivity contribution in [2.24, 2.45) is 0 Å². The minimum absolute atomic E-state index is 0.0234. The minimum Gasteiger partial charge on any atom is -0.438 e. The number of ether oxygens (including phenoxy) is 1. The molecular weight excluding hydrogens is 370 g/mol. The smallest absolute Gasteiger partial charge is 0.253 e. The number of hydroxylamine groups is 1. The number of sulfone groups is 1. The fourth-order valence-electron chi connectivity index (χ4n) is 2.39. The molecule has 142 valence electrons. The second-order valence-electron chi connectivity index (χ2n) is 6.20. The van der Waals surface area contributed by atoms with Gasteiger partial charge in [0.05, 0.1) is 6.20 Å². The third-order valence-corrected chi connectivity index (χ3v) is 4.80. The topological polar surface area (TPSA) is 97.8 Å². The summed E-state index contributed by atoms with van der Waals surface area (Å²) in [5.41, 5.74) is 4.11. The van der Waals surface area contributed by atoms with Gasteiger partial charge >= 0.3 is 0 Å². The lowest BCUT2D eigenvalue weighted by Gasteiger charge is -2.11. The fraction of sp³-hybridized carbons (Fsp3) is 0.222. The molecule has 27 heavy (non-hydrogen) atoms. The maximum absolute atomic E-state index is 11.9. The average molecular weight is 389 g/mol. The van der Waals surface area contributed by atoms with Crippen molar-refractivity contribution in [1.29, 1.82) is 0 Å². The van der Waals surface area contributed by atoms with Gasteiger partial charge in [0, 0.05) is 32.0 Å². The molecule has 1 atom stereocenters. The molecule has 2 heterocycles. The molecule has 1 N–H and O–H groups in total. The van der Waals surface area contributed by atoms with E-state index in [9.17, 15) is 13.2 Å². The van der Waals surface area contributed by atoms with Crippen LogP contribution in [-0.4, -0.2) is 44.6 Å². The zero-order valence-corrected chi connectivity index (χ0v) is 15.9. The van der Waals surface area contributed by atoms with Gasteiger partial charge in [0.2, 0.25) is 5.88 Å². The van der Waals surface area contributed by atoms with Crippen molar-refractivity contribution in [2.45, 2.75) is 11.1 Å². The van der Waals surface area contributed by atoms with Gasteiger partial charge in [-0.05, 0) is 29.8 Å². The number of nitrogens with zero attached hydrogens (tertiary/aromatic N) is 2. The van der Waals surface area contributed by atoms with E-state index >= 15 is 0 Å². The Labute approximate surface area is 157 Å². The monoisotopic (exact) mass is 389 g/mol. The molecule has 0 saturated heterocycles. The van der Waals surface area contributed by atoms with Crippen molar-refractivity contribution in [3.63, 3.8) is 0 Å². The maximum Gasteiger partial charge on any atom is 0.253 e. The van der Waals surface area contributed by atoms with E-state index in [2.05, 4.69) is 10.5 Å². The second-order valence-corrected chi connectivity index (χ2v) is 8.16. The number of nitrogens with one attached hydrogen (secondary N) is 1. The van der Waals surface area contributed by atoms with Gasteiger partial charge in [-0.15, -0.1) is 0 Å². The van der Waals surface area contributed by atoms with Crippen LogP contribution in [0.1, 0.15) is 22.0 Å². The summed E-state index contributed by atoms with van der Waals surface area (Å²) >= 11 is 0. The first kappa shape index (κ1) is 18.9. The zero-order valence-electron chi connectivity index (χ0n) is 15.0. The molecule has 0 spiro atoms. The molecule has 1 aliphatic rings. The Kier molecular flexibility index (Phi) is 5.15. The first-order chi connectivity index (χ1) is 12.7. The molecule has 8 nitrogen and oxygen atoms in total. The largest absolute Gasteiger partial charge is 0.438 e. The molecule has 9 heteroatoms. The Bertz CT molecular complexity index is 967. The molecule has 0 fully saturated rings. The summed E-state index contributed by atoms with van der Waals surface area (Å²) in [6.07, 6.45) is 3.76. The minimum atomic E-state index is -3.36. The van der Waals surface area contributed by atoms with Crippen LogP contribution in [0.5, 0.6) is 5.75 Å². The van der Waals surface area contributed by atoms with E-state index < -0.39 is 9.84 Å². The van der Waals surface area contributed by atoms with E-state index in [4.69, 9.17) is 9.57 Å². The van der Waals surface area contributed by atoms with Gasteiger partial charge in [0.1, 0.15) is 11.9 Å². The second kappa shape index (κ2) is 7.37. The number of hydrogen-bond acceptors (Lipinski definition) is 7. The van der Waals surface area contributed by atoms with Gasteiger partial charge in [0.25, 0.3) is 5.91 Å². The summed E-state index contributed by atoms with van der Waals surface area (Å²) in [6, 6.07) is 9.99. The van der Waals surface area contributed by atoms with E-state index in [0.717, 1.165) is 11.8 Å². The van der Waals surface area contributed by atoms with Crippen molar-refractivity contribution < 1.29 is 22.8 Å². The number of carbonyl (C=O) groups is 1. The molecule has 1 aromatic carbocycles. The highest BCUT2D eigenvalue weighted by Gasteiger charge is 2.21. The van der Waals surface area contributed by atoms with Crippen molar-refractivity contribution in [3.8, 4) is 5.75 Å². The van der Waals surface area contributed by atoms with Gasteiger partial charge in [-0.1, -0.05) is 12.1 Å². The number of benzene rings is 1. The number of rotatable bonds is 5. The lowest BCUT2D eigenvalue weighted by atomic mass is 10.1. The van der Waals surface area contributed by atoms with Crippen LogP contribution in [0, 0.1) is 0 Å². The van der Waals surface area contributed by atoms with Crippen LogP contribution in [0.3, 0.4) is 0 Å². The summed E-state index contributed by atoms with van der Waals surface area (Å²) < 4.78 is 28.4. The highest BCUT2D eigenvalue weighted by atomic mass is 32.2. The van der Waals surface area contributed by atoms with E-state index in [1.165, 1.54) is 23.2 Å². The molecule has 0 unspecified atom stereocenters. The van der Waals surface area contributed by atoms with Crippen LogP contribution in [0.4, 0.5) is 0 Å². The van der Waals surface area contributed by atoms with Crippen LogP contribution in [0.25, 0.3) is 0 Å². The number of pyridine rings is 1. The summed E-state index contributed by atoms with van der Waals surface area (Å²) in [5.74, 6) is 0.663. The normalized spacial score (nSPS) is 16.4. The van der Waals surface area contributed by atoms with Gasteiger partial charge in [-0.3, -0.25) is 9.63 Å². The molecule has 0 bridgehead atoms. The molecule has 1 aromatic heterocycles.